The molecule has 4 unspecified atom stereocenters. The summed E-state index contributed by atoms with van der Waals surface area (Å²) in [5.74, 6) is 1.26. The van der Waals surface area contributed by atoms with Crippen LogP contribution in [0.4, 0.5) is 5.69 Å². The lowest BCUT2D eigenvalue weighted by atomic mass is 9.97. The number of hydrogen-bond donors (Lipinski definition) is 0. The molecule has 4 aliphatic rings. The summed E-state index contributed by atoms with van der Waals surface area (Å²) in [6, 6.07) is 18.4. The Bertz CT molecular complexity index is 2010. The minimum Gasteiger partial charge on any atom is -0.485 e. The maximum Gasteiger partial charge on any atom is 0.316 e. The smallest absolute Gasteiger partial charge is 0.316 e. The number of hydrogen-bond acceptors (Lipinski definition) is 8. The Labute approximate surface area is 366 Å². The van der Waals surface area contributed by atoms with Crippen molar-refractivity contribution in [1.82, 2.24) is 9.80 Å². The summed E-state index contributed by atoms with van der Waals surface area (Å²) in [6.07, 6.45) is 8.50. The zero-order valence-corrected chi connectivity index (χ0v) is 37.8. The van der Waals surface area contributed by atoms with Crippen LogP contribution in [0.1, 0.15) is 94.6 Å². The Balaban J connectivity index is 1.32. The topological polar surface area (TPSA) is 80.8 Å². The van der Waals surface area contributed by atoms with Crippen LogP contribution in [0.5, 0.6) is 11.5 Å². The number of amides is 1. The van der Waals surface area contributed by atoms with Crippen LogP contribution in [0.3, 0.4) is 0 Å². The number of halogens is 2. The minimum atomic E-state index is -0.632. The van der Waals surface area contributed by atoms with Gasteiger partial charge < -0.3 is 33.6 Å². The lowest BCUT2D eigenvalue weighted by Gasteiger charge is -2.44. The van der Waals surface area contributed by atoms with E-state index in [9.17, 15) is 9.59 Å². The van der Waals surface area contributed by atoms with Crippen molar-refractivity contribution in [3.63, 3.8) is 0 Å². The summed E-state index contributed by atoms with van der Waals surface area (Å²) < 4.78 is 26.5. The first-order valence-corrected chi connectivity index (χ1v) is 22.5. The van der Waals surface area contributed by atoms with Crippen LogP contribution in [-0.2, 0) is 25.6 Å². The van der Waals surface area contributed by atoms with Gasteiger partial charge in [-0.05, 0) is 127 Å². The van der Waals surface area contributed by atoms with Crippen molar-refractivity contribution in [3.8, 4) is 11.5 Å². The van der Waals surface area contributed by atoms with Gasteiger partial charge >= 0.3 is 5.97 Å². The summed E-state index contributed by atoms with van der Waals surface area (Å²) in [5.41, 5.74) is 5.37. The number of rotatable bonds is 12. The zero-order valence-electron chi connectivity index (χ0n) is 36.3. The molecule has 0 N–H and O–H groups in total. The average molecular weight is 863 g/mol. The predicted octanol–water partition coefficient (Wildman–Crippen LogP) is 9.62. The number of carbonyl (C=O) groups excluding carboxylic acids is 2. The van der Waals surface area contributed by atoms with E-state index in [0.29, 0.717) is 59.6 Å². The first kappa shape index (κ1) is 44.3. The highest BCUT2D eigenvalue weighted by atomic mass is 35.5. The predicted molar refractivity (Wildman–Crippen MR) is 237 cm³/mol. The number of esters is 1. The Hall–Kier alpha value is -3.80. The second-order valence-corrected chi connectivity index (χ2v) is 19.0. The summed E-state index contributed by atoms with van der Waals surface area (Å²) in [5, 5.41) is 1.19. The largest absolute Gasteiger partial charge is 0.485 e. The maximum absolute atomic E-state index is 13.1. The van der Waals surface area contributed by atoms with Crippen LogP contribution in [0.15, 0.2) is 66.5 Å². The third-order valence-corrected chi connectivity index (χ3v) is 13.0. The fraction of sp³-hybridized carbons (Fsp3) is 0.542. The van der Waals surface area contributed by atoms with Gasteiger partial charge in [-0.3, -0.25) is 14.1 Å². The van der Waals surface area contributed by atoms with Gasteiger partial charge in [-0.2, -0.15) is 0 Å². The second kappa shape index (κ2) is 19.1. The van der Waals surface area contributed by atoms with Gasteiger partial charge in [0.1, 0.15) is 49.2 Å². The summed E-state index contributed by atoms with van der Waals surface area (Å²) in [6.45, 7) is 17.9. The number of piperazine rings is 1. The van der Waals surface area contributed by atoms with E-state index in [0.717, 1.165) is 104 Å². The van der Waals surface area contributed by atoms with Crippen molar-refractivity contribution < 1.29 is 33.0 Å². The molecular formula is C48H63Cl2N4O6+. The van der Waals surface area contributed by atoms with Gasteiger partial charge in [0.25, 0.3) is 0 Å². The van der Waals surface area contributed by atoms with Crippen molar-refractivity contribution >= 4 is 40.8 Å². The molecule has 3 saturated heterocycles. The maximum atomic E-state index is 13.1. The molecular weight excluding hydrogens is 799 g/mol. The Kier molecular flexibility index (Phi) is 14.1. The molecule has 3 aromatic carbocycles. The number of para-hydroxylation sites is 2. The molecule has 0 spiro atoms. The first-order valence-electron chi connectivity index (χ1n) is 21.8. The van der Waals surface area contributed by atoms with E-state index in [1.807, 2.05) is 69.9 Å². The third kappa shape index (κ3) is 10.3. The second-order valence-electron chi connectivity index (χ2n) is 18.2. The highest BCUT2D eigenvalue weighted by Gasteiger charge is 2.51. The number of ether oxygens (including phenoxy) is 4. The highest BCUT2D eigenvalue weighted by Crippen LogP contribution is 2.48. The number of carbonyl (C=O) groups is 2. The molecule has 4 atom stereocenters. The molecule has 4 aliphatic heterocycles. The lowest BCUT2D eigenvalue weighted by molar-refractivity contribution is -0.929. The number of anilines is 1. The van der Waals surface area contributed by atoms with Gasteiger partial charge in [0, 0.05) is 56.9 Å². The van der Waals surface area contributed by atoms with E-state index in [1.165, 1.54) is 0 Å². The fourth-order valence-corrected chi connectivity index (χ4v) is 9.86. The van der Waals surface area contributed by atoms with Crippen LogP contribution in [0.2, 0.25) is 10.0 Å². The van der Waals surface area contributed by atoms with E-state index in [2.05, 4.69) is 40.3 Å². The van der Waals surface area contributed by atoms with Crippen molar-refractivity contribution in [2.75, 3.05) is 64.0 Å². The molecule has 12 heteroatoms. The third-order valence-electron chi connectivity index (χ3n) is 12.4. The molecule has 4 heterocycles. The molecule has 7 rings (SSSR count). The summed E-state index contributed by atoms with van der Waals surface area (Å²) >= 11 is 13.9. The molecule has 1 amide bonds. The first-order chi connectivity index (χ1) is 28.7. The molecule has 0 aliphatic carbocycles. The zero-order chi connectivity index (χ0) is 42.6. The average Bonchev–Trinajstić information content (AvgIpc) is 3.49. The van der Waals surface area contributed by atoms with E-state index < -0.39 is 5.41 Å². The monoisotopic (exact) mass is 861 g/mol. The van der Waals surface area contributed by atoms with Gasteiger partial charge in [-0.1, -0.05) is 35.3 Å². The standard InChI is InChI=1S/C48H63Cl2N4O6/c1-33-25-36(26-34(2)45(33)60-47(56)48(4,5)6)29-54(31-40-14-10-12-24-58-40)30-38(32-59-44-16-8-7-15-43(44)52-21-19-51(20-22-52)35(3)55)53(28-39-13-9-11-23-57-39)46(54)41-18-17-37(49)27-42(41)50/h7-8,15-18,25-27,30,39-40,46H,9-14,19-24,28-29,31-32H2,1-6H3/q+1. The van der Waals surface area contributed by atoms with Crippen molar-refractivity contribution in [3.05, 3.63) is 98.8 Å². The Morgan fingerprint density at radius 2 is 1.53 bits per heavy atom. The molecule has 60 heavy (non-hydrogen) atoms. The molecule has 0 bridgehead atoms. The number of quaternary nitrogens is 1. The molecule has 0 radical (unpaired) electrons. The van der Waals surface area contributed by atoms with Crippen LogP contribution in [0, 0.1) is 19.3 Å². The lowest BCUT2D eigenvalue weighted by Crippen LogP contribution is -2.53. The molecule has 3 fully saturated rings. The minimum absolute atomic E-state index is 0.0280. The summed E-state index contributed by atoms with van der Waals surface area (Å²) in [4.78, 5) is 31.9. The molecule has 10 nitrogen and oxygen atoms in total. The van der Waals surface area contributed by atoms with Gasteiger partial charge in [0.2, 0.25) is 5.91 Å². The van der Waals surface area contributed by atoms with Crippen LogP contribution in [0.25, 0.3) is 0 Å². The number of nitrogens with zero attached hydrogens (tertiary/aromatic N) is 4. The van der Waals surface area contributed by atoms with Gasteiger partial charge in [-0.25, -0.2) is 0 Å². The van der Waals surface area contributed by atoms with E-state index >= 15 is 0 Å². The summed E-state index contributed by atoms with van der Waals surface area (Å²) in [7, 11) is 0. The van der Waals surface area contributed by atoms with Gasteiger partial charge in [-0.15, -0.1) is 0 Å². The van der Waals surface area contributed by atoms with Gasteiger partial charge in [0.15, 0.2) is 6.17 Å². The molecule has 3 aromatic rings. The molecule has 0 saturated carbocycles. The van der Waals surface area contributed by atoms with E-state index in [4.69, 9.17) is 42.1 Å². The quantitative estimate of drug-likeness (QED) is 0.101. The Morgan fingerprint density at radius 3 is 2.15 bits per heavy atom. The molecule has 0 aromatic heterocycles. The SMILES string of the molecule is CC(=O)N1CCN(c2ccccc2OCC2=C[N+](Cc3cc(C)c(OC(=O)C(C)(C)C)c(C)c3)(CC3CCCCO3)C(c3ccc(Cl)cc3Cl)N2CC2CCCCO2)CC1. The fourth-order valence-electron chi connectivity index (χ4n) is 9.35. The highest BCUT2D eigenvalue weighted by molar-refractivity contribution is 6.35. The van der Waals surface area contributed by atoms with Crippen molar-refractivity contribution in [1.29, 1.82) is 0 Å². The Morgan fingerprint density at radius 1 is 0.867 bits per heavy atom. The number of benzene rings is 3. The molecule has 324 valence electrons. The van der Waals surface area contributed by atoms with Gasteiger partial charge in [0.05, 0.1) is 34.3 Å². The normalized spacial score (nSPS) is 23.7. The van der Waals surface area contributed by atoms with Crippen LogP contribution < -0.4 is 14.4 Å². The number of aryl methyl sites for hydroxylation is 2. The van der Waals surface area contributed by atoms with Crippen LogP contribution in [-0.4, -0.2) is 97.5 Å². The van der Waals surface area contributed by atoms with E-state index in [-0.39, 0.29) is 30.3 Å². The van der Waals surface area contributed by atoms with Crippen molar-refractivity contribution in [2.45, 2.75) is 105 Å². The van der Waals surface area contributed by atoms with Crippen LogP contribution >= 0.6 is 23.2 Å². The van der Waals surface area contributed by atoms with E-state index in [1.54, 1.807) is 6.92 Å². The van der Waals surface area contributed by atoms with Crippen molar-refractivity contribution in [2.24, 2.45) is 5.41 Å².